The fourth-order valence-electron chi connectivity index (χ4n) is 4.66. The first-order chi connectivity index (χ1) is 17.4. The highest BCUT2D eigenvalue weighted by atomic mass is 32.1. The summed E-state index contributed by atoms with van der Waals surface area (Å²) in [4.78, 5) is 31.6. The van der Waals surface area contributed by atoms with Crippen molar-refractivity contribution in [3.8, 4) is 0 Å². The number of fused-ring (bicyclic) bond motifs is 4. The van der Waals surface area contributed by atoms with E-state index in [9.17, 15) is 9.59 Å². The van der Waals surface area contributed by atoms with E-state index in [1.165, 1.54) is 11.3 Å². The van der Waals surface area contributed by atoms with E-state index in [2.05, 4.69) is 12.2 Å². The van der Waals surface area contributed by atoms with Gasteiger partial charge in [-0.1, -0.05) is 41.7 Å². The molecule has 0 aliphatic carbocycles. The topological polar surface area (TPSA) is 68.4 Å². The smallest absolute Gasteiger partial charge is 0.274 e. The highest BCUT2D eigenvalue weighted by molar-refractivity contribution is 7.15. The number of aryl methyl sites for hydroxylation is 3. The summed E-state index contributed by atoms with van der Waals surface area (Å²) in [5.41, 5.74) is 7.59. The zero-order valence-corrected chi connectivity index (χ0v) is 21.0. The molecule has 1 amide bonds. The van der Waals surface area contributed by atoms with E-state index in [1.54, 1.807) is 4.40 Å². The molecule has 36 heavy (non-hydrogen) atoms. The van der Waals surface area contributed by atoms with Crippen LogP contribution in [0.1, 0.15) is 22.3 Å². The number of hydrogen-bond acceptors (Lipinski definition) is 4. The lowest BCUT2D eigenvalue weighted by Crippen LogP contribution is -2.22. The van der Waals surface area contributed by atoms with Gasteiger partial charge in [0.15, 0.2) is 4.96 Å². The Morgan fingerprint density at radius 3 is 2.64 bits per heavy atom. The van der Waals surface area contributed by atoms with E-state index in [1.807, 2.05) is 91.4 Å². The summed E-state index contributed by atoms with van der Waals surface area (Å²) in [6, 6.07) is 19.7. The lowest BCUT2D eigenvalue weighted by atomic mass is 10.1. The van der Waals surface area contributed by atoms with Crippen LogP contribution in [0.5, 0.6) is 0 Å². The maximum atomic E-state index is 13.4. The summed E-state index contributed by atoms with van der Waals surface area (Å²) in [6.07, 6.45) is 3.85. The lowest BCUT2D eigenvalue weighted by Gasteiger charge is -2.08. The van der Waals surface area contributed by atoms with Crippen LogP contribution in [0.25, 0.3) is 33.0 Å². The molecule has 6 rings (SSSR count). The first kappa shape index (κ1) is 22.2. The number of nitrogens with one attached hydrogen (secondary N) is 1. The average molecular weight is 493 g/mol. The second kappa shape index (κ2) is 8.46. The second-order valence-electron chi connectivity index (χ2n) is 9.22. The number of thiazole rings is 1. The number of carbonyl (C=O) groups excluding carboxylic acids is 1. The van der Waals surface area contributed by atoms with Gasteiger partial charge in [0, 0.05) is 28.4 Å². The minimum atomic E-state index is -0.107. The van der Waals surface area contributed by atoms with Crippen LogP contribution in [0.4, 0.5) is 5.69 Å². The van der Waals surface area contributed by atoms with Gasteiger partial charge in [0.05, 0.1) is 15.6 Å². The molecule has 3 heterocycles. The van der Waals surface area contributed by atoms with Gasteiger partial charge >= 0.3 is 0 Å². The molecular weight excluding hydrogens is 468 g/mol. The normalized spacial score (nSPS) is 12.2. The van der Waals surface area contributed by atoms with Gasteiger partial charge in [-0.15, -0.1) is 0 Å². The van der Waals surface area contributed by atoms with Crippen LogP contribution < -0.4 is 15.4 Å². The van der Waals surface area contributed by atoms with E-state index in [0.29, 0.717) is 9.49 Å². The Morgan fingerprint density at radius 1 is 1.00 bits per heavy atom. The second-order valence-corrected chi connectivity index (χ2v) is 10.2. The highest BCUT2D eigenvalue weighted by Crippen LogP contribution is 2.24. The largest absolute Gasteiger partial charge is 0.337 e. The number of rotatable bonds is 4. The van der Waals surface area contributed by atoms with Crippen molar-refractivity contribution in [2.24, 2.45) is 0 Å². The number of anilines is 1. The zero-order valence-electron chi connectivity index (χ0n) is 20.2. The van der Waals surface area contributed by atoms with Crippen molar-refractivity contribution in [2.75, 3.05) is 5.32 Å². The number of carbonyl (C=O) groups is 1. The third kappa shape index (κ3) is 3.78. The molecule has 0 saturated carbocycles. The van der Waals surface area contributed by atoms with Crippen molar-refractivity contribution in [3.63, 3.8) is 0 Å². The van der Waals surface area contributed by atoms with E-state index in [-0.39, 0.29) is 18.0 Å². The molecule has 0 aliphatic rings. The van der Waals surface area contributed by atoms with Crippen LogP contribution in [0.3, 0.4) is 0 Å². The molecule has 0 radical (unpaired) electrons. The van der Waals surface area contributed by atoms with Crippen molar-refractivity contribution in [1.29, 1.82) is 0 Å². The Morgan fingerprint density at radius 2 is 1.81 bits per heavy atom. The van der Waals surface area contributed by atoms with Gasteiger partial charge in [-0.05, 0) is 73.9 Å². The van der Waals surface area contributed by atoms with Gasteiger partial charge in [-0.2, -0.15) is 0 Å². The molecule has 0 unspecified atom stereocenters. The number of nitrogens with zero attached hydrogens (tertiary/aromatic N) is 3. The predicted molar refractivity (Wildman–Crippen MR) is 147 cm³/mol. The van der Waals surface area contributed by atoms with Gasteiger partial charge in [-0.25, -0.2) is 9.38 Å². The number of amides is 1. The van der Waals surface area contributed by atoms with Crippen LogP contribution >= 0.6 is 11.3 Å². The molecule has 1 N–H and O–H groups in total. The number of para-hydroxylation sites is 1. The number of aromatic nitrogens is 3. The first-order valence-corrected chi connectivity index (χ1v) is 12.6. The van der Waals surface area contributed by atoms with E-state index < -0.39 is 0 Å². The van der Waals surface area contributed by atoms with Crippen LogP contribution in [0.2, 0.25) is 0 Å². The number of imidazole rings is 1. The minimum Gasteiger partial charge on any atom is -0.337 e. The van der Waals surface area contributed by atoms with Gasteiger partial charge in [0.25, 0.3) is 5.56 Å². The SMILES string of the molecule is Cc1cccc(NC(=O)Cn2cc(/C=c3\sc4nc5cc(C)c(C)cc5n4c3=O)c3ccccc32)c1. The Balaban J connectivity index is 1.41. The maximum absolute atomic E-state index is 13.4. The molecule has 0 aliphatic heterocycles. The monoisotopic (exact) mass is 492 g/mol. The molecule has 0 atom stereocenters. The third-order valence-electron chi connectivity index (χ3n) is 6.58. The average Bonchev–Trinajstić information content (AvgIpc) is 3.46. The van der Waals surface area contributed by atoms with Gasteiger partial charge in [0.2, 0.25) is 5.91 Å². The Hall–Kier alpha value is -4.23. The van der Waals surface area contributed by atoms with Crippen molar-refractivity contribution in [2.45, 2.75) is 27.3 Å². The van der Waals surface area contributed by atoms with Crippen LogP contribution in [0, 0.1) is 20.8 Å². The molecule has 0 bridgehead atoms. The lowest BCUT2D eigenvalue weighted by molar-refractivity contribution is -0.116. The van der Waals surface area contributed by atoms with Crippen molar-refractivity contribution < 1.29 is 4.79 Å². The molecule has 6 nitrogen and oxygen atoms in total. The summed E-state index contributed by atoms with van der Waals surface area (Å²) < 4.78 is 4.24. The molecule has 3 aromatic carbocycles. The predicted octanol–water partition coefficient (Wildman–Crippen LogP) is 4.98. The van der Waals surface area contributed by atoms with E-state index in [0.717, 1.165) is 49.9 Å². The highest BCUT2D eigenvalue weighted by Gasteiger charge is 2.14. The Bertz CT molecular complexity index is 1930. The first-order valence-electron chi connectivity index (χ1n) is 11.8. The van der Waals surface area contributed by atoms with Crippen LogP contribution in [0.15, 0.2) is 71.7 Å². The fourth-order valence-corrected chi connectivity index (χ4v) is 5.64. The van der Waals surface area contributed by atoms with Crippen molar-refractivity contribution >= 4 is 55.9 Å². The summed E-state index contributed by atoms with van der Waals surface area (Å²) >= 11 is 1.39. The quantitative estimate of drug-likeness (QED) is 0.378. The van der Waals surface area contributed by atoms with Gasteiger partial charge in [0.1, 0.15) is 6.54 Å². The van der Waals surface area contributed by atoms with Crippen LogP contribution in [-0.4, -0.2) is 19.9 Å². The molecule has 3 aromatic heterocycles. The number of benzene rings is 3. The molecule has 7 heteroatoms. The Labute approximate surface area is 211 Å². The molecule has 6 aromatic rings. The maximum Gasteiger partial charge on any atom is 0.274 e. The molecular formula is C29H24N4O2S. The standard InChI is InChI=1S/C29H24N4O2S/c1-17-7-6-8-21(11-17)30-27(34)16-32-15-20(22-9-4-5-10-24(22)32)14-26-28(35)33-25-13-19(3)18(2)12-23(25)31-29(33)36-26/h4-15H,16H2,1-3H3,(H,30,34)/b26-14-. The minimum absolute atomic E-state index is 0.0743. The summed E-state index contributed by atoms with van der Waals surface area (Å²) in [5.74, 6) is -0.107. The summed E-state index contributed by atoms with van der Waals surface area (Å²) in [5, 5.41) is 3.96. The summed E-state index contributed by atoms with van der Waals surface area (Å²) in [7, 11) is 0. The molecule has 178 valence electrons. The molecule has 0 fully saturated rings. The van der Waals surface area contributed by atoms with Crippen molar-refractivity contribution in [1.82, 2.24) is 14.0 Å². The molecule has 0 saturated heterocycles. The summed E-state index contributed by atoms with van der Waals surface area (Å²) in [6.45, 7) is 6.26. The molecule has 0 spiro atoms. The fraction of sp³-hybridized carbons (Fsp3) is 0.138. The van der Waals surface area contributed by atoms with E-state index >= 15 is 0 Å². The van der Waals surface area contributed by atoms with E-state index in [4.69, 9.17) is 4.98 Å². The van der Waals surface area contributed by atoms with Gasteiger partial charge in [-0.3, -0.25) is 9.59 Å². The third-order valence-corrected chi connectivity index (χ3v) is 7.54. The Kier molecular flexibility index (Phi) is 5.23. The van der Waals surface area contributed by atoms with Gasteiger partial charge < -0.3 is 9.88 Å². The zero-order chi connectivity index (χ0) is 25.0. The van der Waals surface area contributed by atoms with Crippen molar-refractivity contribution in [3.05, 3.63) is 104 Å². The number of hydrogen-bond donors (Lipinski definition) is 1. The van der Waals surface area contributed by atoms with Crippen LogP contribution in [-0.2, 0) is 11.3 Å².